The van der Waals surface area contributed by atoms with Crippen molar-refractivity contribution in [2.45, 2.75) is 20.5 Å². The van der Waals surface area contributed by atoms with Gasteiger partial charge in [0.15, 0.2) is 0 Å². The van der Waals surface area contributed by atoms with E-state index in [4.69, 9.17) is 0 Å². The van der Waals surface area contributed by atoms with E-state index in [0.717, 1.165) is 28.3 Å². The molecular formula is C12H14N2O. The van der Waals surface area contributed by atoms with Crippen molar-refractivity contribution in [3.05, 3.63) is 41.3 Å². The van der Waals surface area contributed by atoms with E-state index < -0.39 is 0 Å². The van der Waals surface area contributed by atoms with Crippen molar-refractivity contribution < 1.29 is 5.11 Å². The fraction of sp³-hybridized carbons (Fsp3) is 0.250. The van der Waals surface area contributed by atoms with Crippen LogP contribution >= 0.6 is 0 Å². The maximum Gasteiger partial charge on any atom is 0.103 e. The summed E-state index contributed by atoms with van der Waals surface area (Å²) >= 11 is 0. The van der Waals surface area contributed by atoms with Crippen molar-refractivity contribution in [3.63, 3.8) is 0 Å². The first-order valence-electron chi connectivity index (χ1n) is 4.94. The zero-order chi connectivity index (χ0) is 10.8. The van der Waals surface area contributed by atoms with Gasteiger partial charge in [-0.2, -0.15) is 0 Å². The van der Waals surface area contributed by atoms with Crippen LogP contribution in [0.2, 0.25) is 0 Å². The minimum absolute atomic E-state index is 0.0432. The van der Waals surface area contributed by atoms with Gasteiger partial charge in [-0.15, -0.1) is 0 Å². The van der Waals surface area contributed by atoms with Gasteiger partial charge in [-0.3, -0.25) is 0 Å². The van der Waals surface area contributed by atoms with Crippen LogP contribution in [-0.4, -0.2) is 15.1 Å². The Morgan fingerprint density at radius 2 is 2.00 bits per heavy atom. The van der Waals surface area contributed by atoms with E-state index in [1.54, 1.807) is 0 Å². The molecule has 1 aromatic carbocycles. The number of nitrogens with zero attached hydrogens (tertiary/aromatic N) is 1. The lowest BCUT2D eigenvalue weighted by Gasteiger charge is -2.04. The number of hydrogen-bond acceptors (Lipinski definition) is 2. The third-order valence-electron chi connectivity index (χ3n) is 2.45. The number of aromatic amines is 1. The Labute approximate surface area is 88.8 Å². The number of aliphatic hydroxyl groups is 1. The van der Waals surface area contributed by atoms with Gasteiger partial charge in [0.05, 0.1) is 12.3 Å². The molecule has 0 radical (unpaired) electrons. The van der Waals surface area contributed by atoms with Gasteiger partial charge in [-0.25, -0.2) is 4.98 Å². The molecule has 0 aliphatic heterocycles. The predicted molar refractivity (Wildman–Crippen MR) is 59.4 cm³/mol. The van der Waals surface area contributed by atoms with Crippen molar-refractivity contribution in [2.24, 2.45) is 0 Å². The largest absolute Gasteiger partial charge is 0.392 e. The minimum atomic E-state index is 0.0432. The molecule has 78 valence electrons. The van der Waals surface area contributed by atoms with Gasteiger partial charge >= 0.3 is 0 Å². The maximum atomic E-state index is 9.24. The molecule has 0 amide bonds. The first kappa shape index (κ1) is 9.93. The Hall–Kier alpha value is -1.61. The van der Waals surface area contributed by atoms with Crippen LogP contribution in [-0.2, 0) is 6.61 Å². The number of aliphatic hydroxyl groups excluding tert-OH is 1. The van der Waals surface area contributed by atoms with Crippen LogP contribution in [0.15, 0.2) is 24.3 Å². The highest BCUT2D eigenvalue weighted by Gasteiger charge is 2.09. The monoisotopic (exact) mass is 202 g/mol. The van der Waals surface area contributed by atoms with Gasteiger partial charge < -0.3 is 10.1 Å². The molecule has 3 nitrogen and oxygen atoms in total. The lowest BCUT2D eigenvalue weighted by Crippen LogP contribution is -1.90. The number of nitrogens with one attached hydrogen (secondary N) is 1. The predicted octanol–water partition coefficient (Wildman–Crippen LogP) is 2.19. The van der Waals surface area contributed by atoms with Gasteiger partial charge in [0.2, 0.25) is 0 Å². The number of rotatable bonds is 2. The average Bonchev–Trinajstić information content (AvgIpc) is 2.57. The second-order valence-corrected chi connectivity index (χ2v) is 3.61. The summed E-state index contributed by atoms with van der Waals surface area (Å²) in [5.74, 6) is 0.898. The Balaban J connectivity index is 2.58. The molecule has 1 aromatic heterocycles. The van der Waals surface area contributed by atoms with E-state index in [0.29, 0.717) is 0 Å². The highest BCUT2D eigenvalue weighted by molar-refractivity contribution is 5.65. The summed E-state index contributed by atoms with van der Waals surface area (Å²) in [6.07, 6.45) is 0. The van der Waals surface area contributed by atoms with Gasteiger partial charge in [0, 0.05) is 11.3 Å². The normalized spacial score (nSPS) is 10.6. The third-order valence-corrected chi connectivity index (χ3v) is 2.45. The molecule has 2 aromatic rings. The second kappa shape index (κ2) is 3.87. The Morgan fingerprint density at radius 3 is 2.60 bits per heavy atom. The number of hydrogen-bond donors (Lipinski definition) is 2. The molecule has 0 spiro atoms. The fourth-order valence-electron chi connectivity index (χ4n) is 1.76. The number of benzene rings is 1. The average molecular weight is 202 g/mol. The highest BCUT2D eigenvalue weighted by Crippen LogP contribution is 2.24. The zero-order valence-corrected chi connectivity index (χ0v) is 8.91. The van der Waals surface area contributed by atoms with Crippen molar-refractivity contribution >= 4 is 0 Å². The summed E-state index contributed by atoms with van der Waals surface area (Å²) in [6.45, 7) is 3.96. The molecule has 0 aliphatic rings. The van der Waals surface area contributed by atoms with Crippen LogP contribution in [0.5, 0.6) is 0 Å². The summed E-state index contributed by atoms with van der Waals surface area (Å²) in [4.78, 5) is 7.59. The Kier molecular flexibility index (Phi) is 2.56. The van der Waals surface area contributed by atoms with Gasteiger partial charge in [-0.1, -0.05) is 24.3 Å². The lowest BCUT2D eigenvalue weighted by atomic mass is 10.0. The van der Waals surface area contributed by atoms with Crippen LogP contribution in [0.3, 0.4) is 0 Å². The lowest BCUT2D eigenvalue weighted by molar-refractivity contribution is 0.282. The SMILES string of the molecule is Cc1nc(-c2ccccc2CO)c(C)[nH]1. The van der Waals surface area contributed by atoms with Gasteiger partial charge in [-0.05, 0) is 19.4 Å². The van der Waals surface area contributed by atoms with Crippen LogP contribution < -0.4 is 0 Å². The molecule has 0 saturated carbocycles. The maximum absolute atomic E-state index is 9.24. The summed E-state index contributed by atoms with van der Waals surface area (Å²) in [5, 5.41) is 9.24. The zero-order valence-electron chi connectivity index (χ0n) is 8.91. The first-order chi connectivity index (χ1) is 7.22. The third kappa shape index (κ3) is 1.78. The summed E-state index contributed by atoms with van der Waals surface area (Å²) in [7, 11) is 0. The quantitative estimate of drug-likeness (QED) is 0.784. The van der Waals surface area contributed by atoms with Crippen molar-refractivity contribution in [3.8, 4) is 11.3 Å². The second-order valence-electron chi connectivity index (χ2n) is 3.61. The minimum Gasteiger partial charge on any atom is -0.392 e. The Bertz CT molecular complexity index is 474. The molecule has 2 N–H and O–H groups in total. The molecule has 0 atom stereocenters. The van der Waals surface area contributed by atoms with E-state index in [1.165, 1.54) is 0 Å². The summed E-state index contributed by atoms with van der Waals surface area (Å²) in [5.41, 5.74) is 3.87. The van der Waals surface area contributed by atoms with Crippen molar-refractivity contribution in [1.82, 2.24) is 9.97 Å². The molecule has 1 heterocycles. The fourth-order valence-corrected chi connectivity index (χ4v) is 1.76. The van der Waals surface area contributed by atoms with E-state index in [1.807, 2.05) is 38.1 Å². The van der Waals surface area contributed by atoms with Crippen molar-refractivity contribution in [2.75, 3.05) is 0 Å². The smallest absolute Gasteiger partial charge is 0.103 e. The van der Waals surface area contributed by atoms with E-state index in [-0.39, 0.29) is 6.61 Å². The first-order valence-corrected chi connectivity index (χ1v) is 4.94. The molecule has 0 fully saturated rings. The van der Waals surface area contributed by atoms with Crippen LogP contribution in [0.25, 0.3) is 11.3 Å². The molecule has 0 bridgehead atoms. The standard InChI is InChI=1S/C12H14N2O/c1-8-12(14-9(2)13-8)11-6-4-3-5-10(11)7-15/h3-6,15H,7H2,1-2H3,(H,13,14). The summed E-state index contributed by atoms with van der Waals surface area (Å²) < 4.78 is 0. The highest BCUT2D eigenvalue weighted by atomic mass is 16.3. The summed E-state index contributed by atoms with van der Waals surface area (Å²) in [6, 6.07) is 7.77. The van der Waals surface area contributed by atoms with E-state index in [2.05, 4.69) is 9.97 Å². The van der Waals surface area contributed by atoms with Crippen molar-refractivity contribution in [1.29, 1.82) is 0 Å². The molecule has 0 saturated heterocycles. The number of aromatic nitrogens is 2. The molecule has 2 rings (SSSR count). The van der Waals surface area contributed by atoms with E-state index in [9.17, 15) is 5.11 Å². The molecule has 15 heavy (non-hydrogen) atoms. The Morgan fingerprint density at radius 1 is 1.27 bits per heavy atom. The number of aryl methyl sites for hydroxylation is 2. The molecular weight excluding hydrogens is 188 g/mol. The molecule has 3 heteroatoms. The molecule has 0 unspecified atom stereocenters. The number of H-pyrrole nitrogens is 1. The van der Waals surface area contributed by atoms with Gasteiger partial charge in [0.1, 0.15) is 5.82 Å². The van der Waals surface area contributed by atoms with Crippen LogP contribution in [0.4, 0.5) is 0 Å². The van der Waals surface area contributed by atoms with Gasteiger partial charge in [0.25, 0.3) is 0 Å². The van der Waals surface area contributed by atoms with Crippen LogP contribution in [0.1, 0.15) is 17.1 Å². The molecule has 0 aliphatic carbocycles. The van der Waals surface area contributed by atoms with E-state index >= 15 is 0 Å². The van der Waals surface area contributed by atoms with Crippen LogP contribution in [0, 0.1) is 13.8 Å². The topological polar surface area (TPSA) is 48.9 Å². The number of imidazole rings is 1.